The molecule has 0 aromatic carbocycles. The number of carbonyl (C=O) groups excluding carboxylic acids is 1. The van der Waals surface area contributed by atoms with Crippen molar-refractivity contribution in [3.05, 3.63) is 73.8 Å². The zero-order valence-electron chi connectivity index (χ0n) is 19.4. The van der Waals surface area contributed by atoms with Crippen LogP contribution in [0.25, 0.3) is 17.3 Å². The third-order valence-electron chi connectivity index (χ3n) is 6.95. The van der Waals surface area contributed by atoms with Gasteiger partial charge in [-0.25, -0.2) is 14.6 Å². The molecule has 0 unspecified atom stereocenters. The lowest BCUT2D eigenvalue weighted by Crippen LogP contribution is -2.38. The number of aryl methyl sites for hydroxylation is 1. The van der Waals surface area contributed by atoms with Crippen LogP contribution in [-0.4, -0.2) is 53.6 Å². The van der Waals surface area contributed by atoms with Crippen molar-refractivity contribution in [3.63, 3.8) is 0 Å². The maximum absolute atomic E-state index is 13.3. The van der Waals surface area contributed by atoms with E-state index in [1.807, 2.05) is 30.0 Å². The minimum absolute atomic E-state index is 0.0379. The largest absolute Gasteiger partial charge is 0.338 e. The van der Waals surface area contributed by atoms with E-state index in [0.29, 0.717) is 36.2 Å². The van der Waals surface area contributed by atoms with Crippen LogP contribution in [-0.2, 0) is 12.8 Å². The molecular weight excluding hydrogens is 462 g/mol. The molecule has 2 aliphatic rings. The number of rotatable bonds is 4. The van der Waals surface area contributed by atoms with Crippen molar-refractivity contribution >= 4 is 17.2 Å². The number of pyridine rings is 1. The highest BCUT2D eigenvalue weighted by atomic mass is 32.1. The van der Waals surface area contributed by atoms with Gasteiger partial charge >= 0.3 is 0 Å². The molecule has 35 heavy (non-hydrogen) atoms. The standard InChI is InChI=1S/C25H25N7O2S/c1-15-18(13-27-32(15)25-29-19-7-4-5-17(19)22(33)30-25)24(34)31-11-8-16(9-12-31)23-28-21(14-35-23)20-6-2-3-10-26-20/h2-3,6,10,13-14,16H,4-5,7-9,11-12H2,1H3,(H,29,30,33). The minimum atomic E-state index is -0.110. The van der Waals surface area contributed by atoms with Crippen LogP contribution in [0.15, 0.2) is 40.8 Å². The van der Waals surface area contributed by atoms with E-state index in [0.717, 1.165) is 59.8 Å². The quantitative estimate of drug-likeness (QED) is 0.473. The Bertz CT molecular complexity index is 1450. The molecule has 1 N–H and O–H groups in total. The van der Waals surface area contributed by atoms with Gasteiger partial charge in [0.15, 0.2) is 0 Å². The lowest BCUT2D eigenvalue weighted by molar-refractivity contribution is 0.0712. The Hall–Kier alpha value is -3.66. The monoisotopic (exact) mass is 487 g/mol. The number of aromatic amines is 1. The number of fused-ring (bicyclic) bond motifs is 1. The normalized spacial score (nSPS) is 16.0. The second-order valence-electron chi connectivity index (χ2n) is 9.08. The molecule has 5 heterocycles. The molecule has 0 spiro atoms. The molecule has 1 fully saturated rings. The molecule has 1 amide bonds. The van der Waals surface area contributed by atoms with Crippen molar-refractivity contribution in [2.45, 2.75) is 44.9 Å². The summed E-state index contributed by atoms with van der Waals surface area (Å²) >= 11 is 1.67. The molecule has 1 aliphatic carbocycles. The van der Waals surface area contributed by atoms with Crippen LogP contribution in [0.2, 0.25) is 0 Å². The summed E-state index contributed by atoms with van der Waals surface area (Å²) < 4.78 is 1.56. The fourth-order valence-electron chi connectivity index (χ4n) is 4.97. The first-order valence-electron chi connectivity index (χ1n) is 11.9. The molecule has 1 saturated heterocycles. The van der Waals surface area contributed by atoms with Crippen molar-refractivity contribution in [2.75, 3.05) is 13.1 Å². The Labute approximate surface area is 205 Å². The fraction of sp³-hybridized carbons (Fsp3) is 0.360. The summed E-state index contributed by atoms with van der Waals surface area (Å²) in [6.45, 7) is 3.18. The number of hydrogen-bond acceptors (Lipinski definition) is 7. The van der Waals surface area contributed by atoms with Gasteiger partial charge in [0.25, 0.3) is 11.5 Å². The van der Waals surface area contributed by atoms with Crippen molar-refractivity contribution in [1.82, 2.24) is 34.6 Å². The molecule has 178 valence electrons. The van der Waals surface area contributed by atoms with Crippen LogP contribution in [0.3, 0.4) is 0 Å². The molecule has 0 atom stereocenters. The summed E-state index contributed by atoms with van der Waals surface area (Å²) in [5.41, 5.74) is 4.50. The van der Waals surface area contributed by atoms with Gasteiger partial charge in [-0.1, -0.05) is 6.07 Å². The predicted molar refractivity (Wildman–Crippen MR) is 132 cm³/mol. The van der Waals surface area contributed by atoms with Crippen LogP contribution < -0.4 is 5.56 Å². The van der Waals surface area contributed by atoms with E-state index in [4.69, 9.17) is 4.98 Å². The zero-order valence-corrected chi connectivity index (χ0v) is 20.2. The molecule has 10 heteroatoms. The van der Waals surface area contributed by atoms with Crippen LogP contribution in [0, 0.1) is 6.92 Å². The number of hydrogen-bond donors (Lipinski definition) is 1. The summed E-state index contributed by atoms with van der Waals surface area (Å²) in [4.78, 5) is 44.3. The zero-order chi connectivity index (χ0) is 23.9. The van der Waals surface area contributed by atoms with Crippen LogP contribution >= 0.6 is 11.3 Å². The van der Waals surface area contributed by atoms with E-state index in [-0.39, 0.29) is 11.5 Å². The number of thiazole rings is 1. The number of piperidine rings is 1. The molecule has 0 bridgehead atoms. The van der Waals surface area contributed by atoms with Gasteiger partial charge in [-0.3, -0.25) is 19.6 Å². The first-order valence-corrected chi connectivity index (χ1v) is 12.8. The lowest BCUT2D eigenvalue weighted by Gasteiger charge is -2.31. The van der Waals surface area contributed by atoms with Gasteiger partial charge in [0.2, 0.25) is 5.95 Å². The number of nitrogens with zero attached hydrogens (tertiary/aromatic N) is 6. The van der Waals surface area contributed by atoms with Gasteiger partial charge < -0.3 is 4.90 Å². The summed E-state index contributed by atoms with van der Waals surface area (Å²) in [7, 11) is 0. The molecule has 1 aliphatic heterocycles. The minimum Gasteiger partial charge on any atom is -0.338 e. The molecule has 0 saturated carbocycles. The Morgan fingerprint density at radius 3 is 2.80 bits per heavy atom. The van der Waals surface area contributed by atoms with Crippen molar-refractivity contribution in [1.29, 1.82) is 0 Å². The maximum atomic E-state index is 13.3. The van der Waals surface area contributed by atoms with E-state index in [1.165, 1.54) is 0 Å². The lowest BCUT2D eigenvalue weighted by atomic mass is 9.97. The number of carbonyl (C=O) groups is 1. The van der Waals surface area contributed by atoms with Gasteiger partial charge in [-0.15, -0.1) is 11.3 Å². The van der Waals surface area contributed by atoms with E-state index < -0.39 is 0 Å². The summed E-state index contributed by atoms with van der Waals surface area (Å²) in [5, 5.41) is 7.55. The number of amides is 1. The maximum Gasteiger partial charge on any atom is 0.257 e. The Kier molecular flexibility index (Phi) is 5.52. The van der Waals surface area contributed by atoms with Crippen molar-refractivity contribution < 1.29 is 4.79 Å². The average molecular weight is 488 g/mol. The number of aromatic nitrogens is 6. The molecule has 6 rings (SSSR count). The van der Waals surface area contributed by atoms with Crippen LogP contribution in [0.5, 0.6) is 0 Å². The van der Waals surface area contributed by atoms with E-state index in [2.05, 4.69) is 25.4 Å². The second kappa shape index (κ2) is 8.84. The van der Waals surface area contributed by atoms with E-state index >= 15 is 0 Å². The average Bonchev–Trinajstić information content (AvgIpc) is 3.64. The Morgan fingerprint density at radius 2 is 2.00 bits per heavy atom. The highest BCUT2D eigenvalue weighted by Crippen LogP contribution is 2.33. The fourth-order valence-corrected chi connectivity index (χ4v) is 5.95. The Balaban J connectivity index is 1.15. The number of nitrogens with one attached hydrogen (secondary N) is 1. The topological polar surface area (TPSA) is 110 Å². The molecule has 0 radical (unpaired) electrons. The number of likely N-dealkylation sites (tertiary alicyclic amines) is 1. The first-order chi connectivity index (χ1) is 17.1. The van der Waals surface area contributed by atoms with Crippen LogP contribution in [0.4, 0.5) is 0 Å². The molecule has 4 aromatic heterocycles. The third-order valence-corrected chi connectivity index (χ3v) is 7.96. The van der Waals surface area contributed by atoms with Gasteiger partial charge in [-0.2, -0.15) is 5.10 Å². The number of H-pyrrole nitrogens is 1. The van der Waals surface area contributed by atoms with Gasteiger partial charge in [-0.05, 0) is 51.2 Å². The Morgan fingerprint density at radius 1 is 1.14 bits per heavy atom. The molecule has 4 aromatic rings. The summed E-state index contributed by atoms with van der Waals surface area (Å²) in [6.07, 6.45) is 7.61. The summed E-state index contributed by atoms with van der Waals surface area (Å²) in [5.74, 6) is 0.674. The molecular formula is C25H25N7O2S. The van der Waals surface area contributed by atoms with Crippen molar-refractivity contribution in [2.24, 2.45) is 0 Å². The van der Waals surface area contributed by atoms with E-state index in [9.17, 15) is 9.59 Å². The second-order valence-corrected chi connectivity index (χ2v) is 9.97. The van der Waals surface area contributed by atoms with Crippen LogP contribution in [0.1, 0.15) is 57.5 Å². The van der Waals surface area contributed by atoms with Gasteiger partial charge in [0.1, 0.15) is 0 Å². The van der Waals surface area contributed by atoms with Gasteiger partial charge in [0.05, 0.1) is 39.5 Å². The van der Waals surface area contributed by atoms with Gasteiger partial charge in [0, 0.05) is 36.1 Å². The molecule has 9 nitrogen and oxygen atoms in total. The SMILES string of the molecule is Cc1c(C(=O)N2CCC(c3nc(-c4ccccn4)cs3)CC2)cnn1-c1nc2c(c(=O)[nH]1)CCC2. The van der Waals surface area contributed by atoms with E-state index in [1.54, 1.807) is 28.4 Å². The third kappa shape index (κ3) is 3.97. The highest BCUT2D eigenvalue weighted by molar-refractivity contribution is 7.10. The predicted octanol–water partition coefficient (Wildman–Crippen LogP) is 3.29. The highest BCUT2D eigenvalue weighted by Gasteiger charge is 2.29. The summed E-state index contributed by atoms with van der Waals surface area (Å²) in [6, 6.07) is 5.83. The first kappa shape index (κ1) is 21.8. The smallest absolute Gasteiger partial charge is 0.257 e. The van der Waals surface area contributed by atoms with Crippen molar-refractivity contribution in [3.8, 4) is 17.3 Å².